The third-order valence-electron chi connectivity index (χ3n) is 3.95. The van der Waals surface area contributed by atoms with Gasteiger partial charge in [-0.2, -0.15) is 0 Å². The number of hydrogen-bond donors (Lipinski definition) is 1. The second kappa shape index (κ2) is 6.19. The molecule has 6 heteroatoms. The van der Waals surface area contributed by atoms with Crippen molar-refractivity contribution in [3.63, 3.8) is 0 Å². The molecule has 1 heterocycles. The smallest absolute Gasteiger partial charge is 0.292 e. The van der Waals surface area contributed by atoms with Crippen LogP contribution in [0.5, 0.6) is 0 Å². The molecule has 0 saturated carbocycles. The first-order chi connectivity index (χ1) is 9.51. The van der Waals surface area contributed by atoms with E-state index in [1.54, 1.807) is 12.1 Å². The van der Waals surface area contributed by atoms with E-state index in [9.17, 15) is 10.1 Å². The quantitative estimate of drug-likeness (QED) is 0.515. The maximum atomic E-state index is 10.9. The van der Waals surface area contributed by atoms with Crippen LogP contribution in [0.1, 0.15) is 19.4 Å². The van der Waals surface area contributed by atoms with E-state index in [1.165, 1.54) is 0 Å². The van der Waals surface area contributed by atoms with Gasteiger partial charge in [0.1, 0.15) is 5.69 Å². The number of nitrogens with two attached hydrogens (primary N) is 1. The zero-order valence-electron chi connectivity index (χ0n) is 12.1. The summed E-state index contributed by atoms with van der Waals surface area (Å²) >= 11 is 0. The van der Waals surface area contributed by atoms with Crippen LogP contribution in [-0.2, 0) is 6.54 Å². The molecular formula is C14H22N4O2. The summed E-state index contributed by atoms with van der Waals surface area (Å²) in [7, 11) is 0. The summed E-state index contributed by atoms with van der Waals surface area (Å²) in [5, 5.41) is 10.9. The Balaban J connectivity index is 2.04. The molecule has 6 nitrogen and oxygen atoms in total. The fraction of sp³-hybridized carbons (Fsp3) is 0.571. The van der Waals surface area contributed by atoms with Crippen LogP contribution in [0, 0.1) is 10.1 Å². The van der Waals surface area contributed by atoms with Crippen molar-refractivity contribution < 1.29 is 4.92 Å². The summed E-state index contributed by atoms with van der Waals surface area (Å²) in [5.41, 5.74) is 6.79. The standard InChI is InChI=1S/C14H22N4O2/c1-3-17-7-6-16(9-11(17)2)10-12-4-5-13(15)14(8-12)18(19)20/h4-5,8,11H,3,6-7,9-10,15H2,1-2H3. The van der Waals surface area contributed by atoms with E-state index in [0.717, 1.165) is 38.3 Å². The second-order valence-corrected chi connectivity index (χ2v) is 5.36. The Morgan fingerprint density at radius 3 is 2.80 bits per heavy atom. The molecule has 0 amide bonds. The summed E-state index contributed by atoms with van der Waals surface area (Å²) in [5.74, 6) is 0. The molecule has 1 unspecified atom stereocenters. The van der Waals surface area contributed by atoms with Gasteiger partial charge in [0.05, 0.1) is 4.92 Å². The SMILES string of the molecule is CCN1CCN(Cc2ccc(N)c([N+](=O)[O-])c2)CC1C. The number of nitrogen functional groups attached to an aromatic ring is 1. The molecular weight excluding hydrogens is 256 g/mol. The first-order valence-electron chi connectivity index (χ1n) is 7.00. The van der Waals surface area contributed by atoms with E-state index < -0.39 is 4.92 Å². The molecule has 1 saturated heterocycles. The monoisotopic (exact) mass is 278 g/mol. The number of benzene rings is 1. The summed E-state index contributed by atoms with van der Waals surface area (Å²) in [4.78, 5) is 15.3. The second-order valence-electron chi connectivity index (χ2n) is 5.36. The lowest BCUT2D eigenvalue weighted by atomic mass is 10.1. The van der Waals surface area contributed by atoms with Crippen molar-refractivity contribution in [2.75, 3.05) is 31.9 Å². The Morgan fingerprint density at radius 1 is 1.45 bits per heavy atom. The van der Waals surface area contributed by atoms with Gasteiger partial charge in [0.2, 0.25) is 0 Å². The molecule has 1 aromatic carbocycles. The van der Waals surface area contributed by atoms with Crippen LogP contribution in [0.3, 0.4) is 0 Å². The van der Waals surface area contributed by atoms with Gasteiger partial charge in [-0.15, -0.1) is 0 Å². The summed E-state index contributed by atoms with van der Waals surface area (Å²) in [6.07, 6.45) is 0. The van der Waals surface area contributed by atoms with Crippen LogP contribution in [0.15, 0.2) is 18.2 Å². The largest absolute Gasteiger partial charge is 0.393 e. The molecule has 20 heavy (non-hydrogen) atoms. The van der Waals surface area contributed by atoms with Gasteiger partial charge >= 0.3 is 0 Å². The third-order valence-corrected chi connectivity index (χ3v) is 3.95. The van der Waals surface area contributed by atoms with Crippen molar-refractivity contribution in [1.29, 1.82) is 0 Å². The molecule has 0 aromatic heterocycles. The Kier molecular flexibility index (Phi) is 4.57. The highest BCUT2D eigenvalue weighted by molar-refractivity contribution is 5.59. The summed E-state index contributed by atoms with van der Waals surface area (Å²) in [6.45, 7) is 9.25. The molecule has 0 aliphatic carbocycles. The van der Waals surface area contributed by atoms with Gasteiger partial charge in [-0.3, -0.25) is 19.9 Å². The van der Waals surface area contributed by atoms with Crippen LogP contribution in [0.2, 0.25) is 0 Å². The van der Waals surface area contributed by atoms with Gasteiger partial charge in [-0.25, -0.2) is 0 Å². The predicted octanol–water partition coefficient (Wildman–Crippen LogP) is 1.70. The van der Waals surface area contributed by atoms with Gasteiger partial charge in [-0.1, -0.05) is 13.0 Å². The van der Waals surface area contributed by atoms with Gasteiger partial charge < -0.3 is 5.73 Å². The zero-order chi connectivity index (χ0) is 14.7. The fourth-order valence-corrected chi connectivity index (χ4v) is 2.79. The molecule has 110 valence electrons. The van der Waals surface area contributed by atoms with Crippen LogP contribution >= 0.6 is 0 Å². The van der Waals surface area contributed by atoms with Crippen molar-refractivity contribution >= 4 is 11.4 Å². The van der Waals surface area contributed by atoms with Gasteiger partial charge in [0.25, 0.3) is 5.69 Å². The average Bonchev–Trinajstić information content (AvgIpc) is 2.41. The topological polar surface area (TPSA) is 75.6 Å². The van der Waals surface area contributed by atoms with Crippen LogP contribution in [-0.4, -0.2) is 46.9 Å². The number of likely N-dealkylation sites (N-methyl/N-ethyl adjacent to an activating group) is 1. The number of nitro groups is 1. The van der Waals surface area contributed by atoms with Crippen molar-refractivity contribution in [3.8, 4) is 0 Å². The van der Waals surface area contributed by atoms with Crippen molar-refractivity contribution in [2.45, 2.75) is 26.4 Å². The highest BCUT2D eigenvalue weighted by atomic mass is 16.6. The molecule has 0 bridgehead atoms. The van der Waals surface area contributed by atoms with Crippen LogP contribution < -0.4 is 5.73 Å². The minimum Gasteiger partial charge on any atom is -0.393 e. The Hall–Kier alpha value is -1.66. The molecule has 1 aliphatic heterocycles. The Labute approximate surface area is 119 Å². The molecule has 0 radical (unpaired) electrons. The molecule has 1 fully saturated rings. The lowest BCUT2D eigenvalue weighted by Crippen LogP contribution is -2.51. The van der Waals surface area contributed by atoms with Gasteiger partial charge in [-0.05, 0) is 25.1 Å². The Morgan fingerprint density at radius 2 is 2.20 bits per heavy atom. The van der Waals surface area contributed by atoms with Gasteiger partial charge in [0.15, 0.2) is 0 Å². The maximum absolute atomic E-state index is 10.9. The first kappa shape index (κ1) is 14.7. The first-order valence-corrected chi connectivity index (χ1v) is 7.00. The average molecular weight is 278 g/mol. The number of rotatable bonds is 4. The van der Waals surface area contributed by atoms with Crippen LogP contribution in [0.4, 0.5) is 11.4 Å². The summed E-state index contributed by atoms with van der Waals surface area (Å²) < 4.78 is 0. The maximum Gasteiger partial charge on any atom is 0.292 e. The van der Waals surface area contributed by atoms with E-state index in [0.29, 0.717) is 6.04 Å². The number of anilines is 1. The molecule has 0 spiro atoms. The number of piperazine rings is 1. The van der Waals surface area contributed by atoms with E-state index in [1.807, 2.05) is 6.07 Å². The third kappa shape index (κ3) is 3.26. The zero-order valence-corrected chi connectivity index (χ0v) is 12.1. The number of nitro benzene ring substituents is 1. The van der Waals surface area contributed by atoms with Crippen molar-refractivity contribution in [1.82, 2.24) is 9.80 Å². The normalized spacial score (nSPS) is 21.0. The minimum absolute atomic E-state index is 0.00254. The fourth-order valence-electron chi connectivity index (χ4n) is 2.79. The molecule has 1 aromatic rings. The predicted molar refractivity (Wildman–Crippen MR) is 79.5 cm³/mol. The van der Waals surface area contributed by atoms with Crippen molar-refractivity contribution in [3.05, 3.63) is 33.9 Å². The van der Waals surface area contributed by atoms with Crippen LogP contribution in [0.25, 0.3) is 0 Å². The van der Waals surface area contributed by atoms with E-state index in [-0.39, 0.29) is 11.4 Å². The minimum atomic E-state index is -0.420. The van der Waals surface area contributed by atoms with Crippen molar-refractivity contribution in [2.24, 2.45) is 0 Å². The number of nitrogens with zero attached hydrogens (tertiary/aromatic N) is 3. The Bertz CT molecular complexity index is 492. The van der Waals surface area contributed by atoms with E-state index >= 15 is 0 Å². The number of hydrogen-bond acceptors (Lipinski definition) is 5. The highest BCUT2D eigenvalue weighted by Crippen LogP contribution is 2.23. The summed E-state index contributed by atoms with van der Waals surface area (Å²) in [6, 6.07) is 5.61. The lowest BCUT2D eigenvalue weighted by Gasteiger charge is -2.39. The molecule has 2 N–H and O–H groups in total. The molecule has 2 rings (SSSR count). The lowest BCUT2D eigenvalue weighted by molar-refractivity contribution is -0.384. The van der Waals surface area contributed by atoms with E-state index in [2.05, 4.69) is 23.6 Å². The highest BCUT2D eigenvalue weighted by Gasteiger charge is 2.22. The van der Waals surface area contributed by atoms with Gasteiger partial charge in [0, 0.05) is 38.3 Å². The molecule has 1 aliphatic rings. The van der Waals surface area contributed by atoms with E-state index in [4.69, 9.17) is 5.73 Å². The molecule has 1 atom stereocenters.